The summed E-state index contributed by atoms with van der Waals surface area (Å²) in [7, 11) is 0. The number of aromatic nitrogens is 4. The second kappa shape index (κ2) is 6.37. The summed E-state index contributed by atoms with van der Waals surface area (Å²) in [5.41, 5.74) is 2.59. The van der Waals surface area contributed by atoms with Gasteiger partial charge in [-0.3, -0.25) is 4.79 Å². The number of carbonyl (C=O) groups excluding carboxylic acids is 1. The number of rotatable bonds is 3. The Morgan fingerprint density at radius 3 is 2.68 bits per heavy atom. The van der Waals surface area contributed by atoms with Crippen molar-refractivity contribution in [2.45, 2.75) is 6.92 Å². The minimum absolute atomic E-state index is 0.226. The topological polar surface area (TPSA) is 80.7 Å². The van der Waals surface area contributed by atoms with Crippen molar-refractivity contribution in [3.05, 3.63) is 66.2 Å². The van der Waals surface area contributed by atoms with Crippen LogP contribution in [0.5, 0.6) is 0 Å². The predicted octanol–water partition coefficient (Wildman–Crippen LogP) is 3.71. The number of amides is 1. The molecule has 0 aliphatic carbocycles. The molecule has 0 fully saturated rings. The minimum atomic E-state index is -0.362. The molecule has 4 rings (SSSR count). The van der Waals surface area contributed by atoms with Crippen LogP contribution in [-0.2, 0) is 0 Å². The van der Waals surface area contributed by atoms with E-state index >= 15 is 0 Å². The highest BCUT2D eigenvalue weighted by atomic mass is 32.1. The summed E-state index contributed by atoms with van der Waals surface area (Å²) in [5.74, 6) is 0.107. The highest BCUT2D eigenvalue weighted by Crippen LogP contribution is 2.30. The highest BCUT2D eigenvalue weighted by molar-refractivity contribution is 7.21. The second-order valence-corrected chi connectivity index (χ2v) is 6.45. The van der Waals surface area contributed by atoms with E-state index in [4.69, 9.17) is 0 Å². The molecule has 0 bridgehead atoms. The molecule has 0 saturated heterocycles. The number of hydrogen-bond donors (Lipinski definition) is 1. The molecule has 6 nitrogen and oxygen atoms in total. The Labute approximate surface area is 147 Å². The first kappa shape index (κ1) is 15.3. The van der Waals surface area contributed by atoms with Crippen LogP contribution in [-0.4, -0.2) is 25.8 Å². The van der Waals surface area contributed by atoms with E-state index in [-0.39, 0.29) is 11.6 Å². The summed E-state index contributed by atoms with van der Waals surface area (Å²) in [6.45, 7) is 1.94. The fourth-order valence-corrected chi connectivity index (χ4v) is 3.31. The van der Waals surface area contributed by atoms with E-state index < -0.39 is 0 Å². The Kier molecular flexibility index (Phi) is 3.91. The molecule has 3 aromatic heterocycles. The van der Waals surface area contributed by atoms with Crippen molar-refractivity contribution >= 4 is 33.3 Å². The Hall–Kier alpha value is -3.19. The maximum atomic E-state index is 12.6. The van der Waals surface area contributed by atoms with Crippen molar-refractivity contribution in [1.82, 2.24) is 19.9 Å². The number of hydrogen-bond acceptors (Lipinski definition) is 6. The van der Waals surface area contributed by atoms with Gasteiger partial charge in [-0.05, 0) is 30.7 Å². The van der Waals surface area contributed by atoms with Crippen LogP contribution < -0.4 is 5.32 Å². The van der Waals surface area contributed by atoms with E-state index in [2.05, 4.69) is 25.3 Å². The van der Waals surface area contributed by atoms with Gasteiger partial charge in [0.15, 0.2) is 5.69 Å². The Morgan fingerprint density at radius 1 is 1.04 bits per heavy atom. The summed E-state index contributed by atoms with van der Waals surface area (Å²) in [4.78, 5) is 29.9. The van der Waals surface area contributed by atoms with E-state index in [1.807, 2.05) is 37.3 Å². The molecular formula is C18H13N5OS. The van der Waals surface area contributed by atoms with Crippen molar-refractivity contribution in [1.29, 1.82) is 0 Å². The van der Waals surface area contributed by atoms with Crippen molar-refractivity contribution in [2.24, 2.45) is 0 Å². The van der Waals surface area contributed by atoms with Gasteiger partial charge in [-0.15, -0.1) is 11.3 Å². The third-order valence-electron chi connectivity index (χ3n) is 3.56. The Balaban J connectivity index is 1.70. The summed E-state index contributed by atoms with van der Waals surface area (Å²) in [5, 5.41) is 3.42. The summed E-state index contributed by atoms with van der Waals surface area (Å²) < 4.78 is 1.04. The molecule has 122 valence electrons. The molecule has 0 radical (unpaired) electrons. The van der Waals surface area contributed by atoms with Crippen molar-refractivity contribution < 1.29 is 4.79 Å². The number of para-hydroxylation sites is 1. The lowest BCUT2D eigenvalue weighted by Crippen LogP contribution is -2.16. The zero-order valence-corrected chi connectivity index (χ0v) is 14.1. The van der Waals surface area contributed by atoms with Crippen LogP contribution in [0, 0.1) is 6.92 Å². The summed E-state index contributed by atoms with van der Waals surface area (Å²) in [6, 6.07) is 11.4. The molecule has 0 saturated carbocycles. The number of fused-ring (bicyclic) bond motifs is 1. The molecule has 4 aromatic rings. The van der Waals surface area contributed by atoms with E-state index in [1.54, 1.807) is 18.5 Å². The summed E-state index contributed by atoms with van der Waals surface area (Å²) >= 11 is 1.48. The van der Waals surface area contributed by atoms with Gasteiger partial charge in [-0.1, -0.05) is 18.2 Å². The van der Waals surface area contributed by atoms with Crippen LogP contribution >= 0.6 is 11.3 Å². The third-order valence-corrected chi connectivity index (χ3v) is 4.61. The van der Waals surface area contributed by atoms with Gasteiger partial charge >= 0.3 is 0 Å². The molecule has 1 amide bonds. The van der Waals surface area contributed by atoms with E-state index in [9.17, 15) is 4.79 Å². The van der Waals surface area contributed by atoms with Gasteiger partial charge in [0.1, 0.15) is 16.5 Å². The Morgan fingerprint density at radius 2 is 1.88 bits per heavy atom. The predicted molar refractivity (Wildman–Crippen MR) is 97.6 cm³/mol. The molecule has 0 aliphatic rings. The number of nitrogens with one attached hydrogen (secondary N) is 1. The average Bonchev–Trinajstić information content (AvgIpc) is 3.07. The van der Waals surface area contributed by atoms with Gasteiger partial charge < -0.3 is 5.32 Å². The molecule has 1 N–H and O–H groups in total. The monoisotopic (exact) mass is 347 g/mol. The van der Waals surface area contributed by atoms with Crippen LogP contribution in [0.3, 0.4) is 0 Å². The molecule has 0 unspecified atom stereocenters. The number of pyridine rings is 1. The number of nitrogens with zero attached hydrogens (tertiary/aromatic N) is 4. The van der Waals surface area contributed by atoms with Gasteiger partial charge in [-0.2, -0.15) is 0 Å². The van der Waals surface area contributed by atoms with Crippen LogP contribution in [0.4, 0.5) is 5.82 Å². The molecule has 0 spiro atoms. The highest BCUT2D eigenvalue weighted by Gasteiger charge is 2.19. The molecule has 3 heterocycles. The molecule has 25 heavy (non-hydrogen) atoms. The fraction of sp³-hybridized carbons (Fsp3) is 0.0556. The molecule has 0 aliphatic heterocycles. The van der Waals surface area contributed by atoms with Crippen LogP contribution in [0.1, 0.15) is 16.1 Å². The first-order chi connectivity index (χ1) is 12.2. The van der Waals surface area contributed by atoms with Gasteiger partial charge in [0, 0.05) is 18.6 Å². The lowest BCUT2D eigenvalue weighted by Gasteiger charge is -2.06. The largest absolute Gasteiger partial charge is 0.305 e. The zero-order chi connectivity index (χ0) is 17.2. The lowest BCUT2D eigenvalue weighted by molar-refractivity contribution is 0.102. The average molecular weight is 347 g/mol. The third kappa shape index (κ3) is 3.09. The number of anilines is 1. The number of carbonyl (C=O) groups is 1. The first-order valence-corrected chi connectivity index (χ1v) is 8.43. The zero-order valence-electron chi connectivity index (χ0n) is 13.3. The van der Waals surface area contributed by atoms with E-state index in [0.29, 0.717) is 16.5 Å². The first-order valence-electron chi connectivity index (χ1n) is 7.62. The summed E-state index contributed by atoms with van der Waals surface area (Å²) in [6.07, 6.45) is 4.75. The molecule has 0 atom stereocenters. The number of thiazole rings is 1. The lowest BCUT2D eigenvalue weighted by atomic mass is 10.2. The van der Waals surface area contributed by atoms with Gasteiger partial charge in [-0.25, -0.2) is 19.9 Å². The standard InChI is InChI=1S/C18H13N5OS/c1-11-6-7-14(21-10-11)23-17(24)15-16(20-9-8-19-15)18-22-12-4-2-3-5-13(12)25-18/h2-10H,1H3,(H,21,23,24). The smallest absolute Gasteiger partial charge is 0.277 e. The number of benzene rings is 1. The van der Waals surface area contributed by atoms with Crippen LogP contribution in [0.25, 0.3) is 20.9 Å². The van der Waals surface area contributed by atoms with Gasteiger partial charge in [0.05, 0.1) is 10.2 Å². The molecular weight excluding hydrogens is 334 g/mol. The van der Waals surface area contributed by atoms with Gasteiger partial charge in [0.2, 0.25) is 0 Å². The fourth-order valence-electron chi connectivity index (χ4n) is 2.35. The molecule has 1 aromatic carbocycles. The quantitative estimate of drug-likeness (QED) is 0.611. The van der Waals surface area contributed by atoms with Crippen molar-refractivity contribution in [3.8, 4) is 10.7 Å². The second-order valence-electron chi connectivity index (χ2n) is 5.42. The maximum Gasteiger partial charge on any atom is 0.277 e. The Bertz CT molecular complexity index is 1030. The normalized spacial score (nSPS) is 10.8. The van der Waals surface area contributed by atoms with E-state index in [1.165, 1.54) is 17.5 Å². The SMILES string of the molecule is Cc1ccc(NC(=O)c2nccnc2-c2nc3ccccc3s2)nc1. The van der Waals surface area contributed by atoms with Crippen molar-refractivity contribution in [2.75, 3.05) is 5.32 Å². The van der Waals surface area contributed by atoms with Crippen molar-refractivity contribution in [3.63, 3.8) is 0 Å². The van der Waals surface area contributed by atoms with Gasteiger partial charge in [0.25, 0.3) is 5.91 Å². The van der Waals surface area contributed by atoms with E-state index in [0.717, 1.165) is 15.8 Å². The maximum absolute atomic E-state index is 12.6. The van der Waals surface area contributed by atoms with Crippen LogP contribution in [0.15, 0.2) is 55.0 Å². The molecule has 7 heteroatoms. The van der Waals surface area contributed by atoms with Crippen LogP contribution in [0.2, 0.25) is 0 Å². The minimum Gasteiger partial charge on any atom is -0.305 e. The number of aryl methyl sites for hydroxylation is 1.